The molecule has 0 atom stereocenters. The molecule has 8 bridgehead atoms. The topological polar surface area (TPSA) is 61.2 Å². The molecule has 5 heteroatoms. The summed E-state index contributed by atoms with van der Waals surface area (Å²) in [5.41, 5.74) is 19.0. The summed E-state index contributed by atoms with van der Waals surface area (Å²) in [6.07, 6.45) is 12.9. The van der Waals surface area contributed by atoms with Crippen LogP contribution in [0.15, 0.2) is 194 Å². The van der Waals surface area contributed by atoms with Crippen LogP contribution in [0, 0.1) is 0 Å². The highest BCUT2D eigenvalue weighted by atomic mass is 15.0. The average Bonchev–Trinajstić information content (AvgIpc) is 4.16. The zero-order valence-electron chi connectivity index (χ0n) is 32.6. The van der Waals surface area contributed by atoms with Gasteiger partial charge in [-0.2, -0.15) is 4.57 Å². The van der Waals surface area contributed by atoms with E-state index in [2.05, 4.69) is 233 Å². The molecule has 0 saturated carbocycles. The van der Waals surface area contributed by atoms with Gasteiger partial charge in [-0.15, -0.1) is 0 Å². The van der Waals surface area contributed by atoms with Gasteiger partial charge in [0, 0.05) is 51.5 Å². The van der Waals surface area contributed by atoms with Crippen LogP contribution in [0.1, 0.15) is 22.8 Å². The fourth-order valence-corrected chi connectivity index (χ4v) is 8.51. The molecular weight excluding hydrogens is 731 g/mol. The van der Waals surface area contributed by atoms with Gasteiger partial charge in [0.1, 0.15) is 5.52 Å². The summed E-state index contributed by atoms with van der Waals surface area (Å²) in [7, 11) is 0. The second-order valence-corrected chi connectivity index (χ2v) is 15.0. The van der Waals surface area contributed by atoms with Gasteiger partial charge in [0.25, 0.3) is 0 Å². The van der Waals surface area contributed by atoms with Crippen molar-refractivity contribution < 1.29 is 4.57 Å². The number of aromatic amines is 2. The van der Waals surface area contributed by atoms with E-state index in [1.807, 2.05) is 0 Å². The molecule has 0 saturated heterocycles. The van der Waals surface area contributed by atoms with Crippen LogP contribution in [-0.4, -0.2) is 19.9 Å². The van der Waals surface area contributed by atoms with Crippen LogP contribution in [0.2, 0.25) is 0 Å². The van der Waals surface area contributed by atoms with Crippen LogP contribution in [0.3, 0.4) is 0 Å². The number of pyridine rings is 1. The summed E-state index contributed by atoms with van der Waals surface area (Å²) in [5.74, 6) is 0. The molecule has 2 aliphatic rings. The summed E-state index contributed by atoms with van der Waals surface area (Å²) >= 11 is 0. The van der Waals surface area contributed by atoms with Gasteiger partial charge in [0.2, 0.25) is 5.69 Å². The molecule has 4 aromatic heterocycles. The molecule has 0 radical (unpaired) electrons. The third kappa shape index (κ3) is 6.35. The molecule has 0 spiro atoms. The highest BCUT2D eigenvalue weighted by Crippen LogP contribution is 2.39. The second-order valence-electron chi connectivity index (χ2n) is 15.0. The van der Waals surface area contributed by atoms with Crippen molar-refractivity contribution in [2.75, 3.05) is 0 Å². The lowest BCUT2D eigenvalue weighted by Gasteiger charge is -2.07. The van der Waals surface area contributed by atoms with Crippen molar-refractivity contribution in [3.8, 4) is 61.3 Å². The van der Waals surface area contributed by atoms with Crippen LogP contribution in [-0.2, 0) is 0 Å². The lowest BCUT2D eigenvalue weighted by Crippen LogP contribution is -2.28. The number of nitrogens with zero attached hydrogens (tertiary/aromatic N) is 3. The summed E-state index contributed by atoms with van der Waals surface area (Å²) in [6.45, 7) is 0. The summed E-state index contributed by atoms with van der Waals surface area (Å²) in [6, 6.07) is 63.7. The Morgan fingerprint density at radius 2 is 0.667 bits per heavy atom. The molecule has 0 aliphatic carbocycles. The average molecular weight is 769 g/mol. The van der Waals surface area contributed by atoms with E-state index in [9.17, 15) is 0 Å². The second kappa shape index (κ2) is 15.0. The number of H-pyrrole nitrogens is 2. The molecule has 5 nitrogen and oxygen atoms in total. The molecule has 11 rings (SSSR count). The summed E-state index contributed by atoms with van der Waals surface area (Å²) < 4.78 is 2.21. The zero-order valence-corrected chi connectivity index (χ0v) is 32.6. The first-order valence-electron chi connectivity index (χ1n) is 20.2. The molecule has 2 N–H and O–H groups in total. The molecule has 5 aromatic carbocycles. The molecular formula is C55H38N5+. The summed E-state index contributed by atoms with van der Waals surface area (Å²) in [5, 5.41) is 0. The number of hydrogen-bond donors (Lipinski definition) is 2. The standard InChI is InChI=1S/C55H38N5/c1-6-16-37(17-7-1)38-32-34-60(35-33-38)50-36-49-53(41-22-12-4-13-23-41)47-29-28-45(57-47)51(39-18-8-2-9-19-39)43-26-27-44(56-43)52(40-20-10-3-11-21-40)46-30-31-48(58-46)54(55(50)59-49)42-24-14-5-15-25-42/h1-36,56,59H/q+1. The maximum Gasteiger partial charge on any atom is 0.237 e. The Morgan fingerprint density at radius 3 is 1.10 bits per heavy atom. The van der Waals surface area contributed by atoms with Gasteiger partial charge in [-0.1, -0.05) is 152 Å². The quantitative estimate of drug-likeness (QED) is 0.166. The normalized spacial score (nSPS) is 11.9. The van der Waals surface area contributed by atoms with Gasteiger partial charge in [0.15, 0.2) is 12.4 Å². The minimum absolute atomic E-state index is 0.867. The van der Waals surface area contributed by atoms with E-state index in [1.165, 1.54) is 5.56 Å². The van der Waals surface area contributed by atoms with Crippen molar-refractivity contribution in [3.63, 3.8) is 0 Å². The van der Waals surface area contributed by atoms with Crippen LogP contribution in [0.5, 0.6) is 0 Å². The third-order valence-corrected chi connectivity index (χ3v) is 11.3. The van der Waals surface area contributed by atoms with Crippen molar-refractivity contribution in [1.29, 1.82) is 0 Å². The van der Waals surface area contributed by atoms with Crippen molar-refractivity contribution in [2.45, 2.75) is 0 Å². The number of benzene rings is 5. The SMILES string of the molecule is C1=Cc2nc1c(-c1ccccc1)c1ccc([nH]1)c(-c1ccccc1)c1nc(c(-c3ccccc3)c3[nH]c(cc3-[n+]3ccc(-c4ccccc4)cc3)c2-c2ccccc2)C=C1. The Bertz CT molecular complexity index is 3260. The van der Waals surface area contributed by atoms with Gasteiger partial charge < -0.3 is 9.97 Å². The van der Waals surface area contributed by atoms with E-state index in [1.54, 1.807) is 0 Å². The highest BCUT2D eigenvalue weighted by molar-refractivity contribution is 6.01. The lowest BCUT2D eigenvalue weighted by molar-refractivity contribution is -0.593. The molecule has 282 valence electrons. The zero-order chi connectivity index (χ0) is 39.8. The fourth-order valence-electron chi connectivity index (χ4n) is 8.51. The van der Waals surface area contributed by atoms with E-state index in [-0.39, 0.29) is 0 Å². The first-order chi connectivity index (χ1) is 29.7. The Hall–Kier alpha value is -8.15. The number of fused-ring (bicyclic) bond motifs is 8. The van der Waals surface area contributed by atoms with Gasteiger partial charge in [-0.25, -0.2) is 9.97 Å². The van der Waals surface area contributed by atoms with E-state index < -0.39 is 0 Å². The molecule has 9 aromatic rings. The first kappa shape index (κ1) is 35.0. The Balaban J connectivity index is 1.32. The van der Waals surface area contributed by atoms with Crippen molar-refractivity contribution in [1.82, 2.24) is 19.9 Å². The monoisotopic (exact) mass is 768 g/mol. The van der Waals surface area contributed by atoms with Gasteiger partial charge in [0.05, 0.1) is 28.3 Å². The Labute approximate surface area is 348 Å². The molecule has 60 heavy (non-hydrogen) atoms. The maximum atomic E-state index is 5.53. The first-order valence-corrected chi connectivity index (χ1v) is 20.2. The van der Waals surface area contributed by atoms with E-state index >= 15 is 0 Å². The lowest BCUT2D eigenvalue weighted by atomic mass is 10.0. The maximum absolute atomic E-state index is 5.53. The van der Waals surface area contributed by atoms with Crippen LogP contribution in [0.25, 0.3) is 108 Å². The third-order valence-electron chi connectivity index (χ3n) is 11.3. The number of nitrogens with one attached hydrogen (secondary N) is 2. The number of aromatic nitrogens is 5. The van der Waals surface area contributed by atoms with Crippen LogP contribution >= 0.6 is 0 Å². The molecule has 0 fully saturated rings. The van der Waals surface area contributed by atoms with Crippen LogP contribution < -0.4 is 4.57 Å². The molecule has 6 heterocycles. The number of rotatable bonds is 6. The van der Waals surface area contributed by atoms with Crippen molar-refractivity contribution in [2.24, 2.45) is 0 Å². The van der Waals surface area contributed by atoms with Crippen molar-refractivity contribution >= 4 is 46.4 Å². The fraction of sp³-hybridized carbons (Fsp3) is 0. The van der Waals surface area contributed by atoms with Crippen LogP contribution in [0.4, 0.5) is 0 Å². The van der Waals surface area contributed by atoms with Crippen molar-refractivity contribution in [3.05, 3.63) is 217 Å². The minimum Gasteiger partial charge on any atom is -0.354 e. The Kier molecular flexibility index (Phi) is 8.75. The predicted octanol–water partition coefficient (Wildman–Crippen LogP) is 13.3. The van der Waals surface area contributed by atoms with Gasteiger partial charge >= 0.3 is 0 Å². The minimum atomic E-state index is 0.867. The molecule has 2 aliphatic heterocycles. The van der Waals surface area contributed by atoms with E-state index in [0.717, 1.165) is 101 Å². The largest absolute Gasteiger partial charge is 0.354 e. The van der Waals surface area contributed by atoms with E-state index in [4.69, 9.17) is 9.97 Å². The van der Waals surface area contributed by atoms with E-state index in [0.29, 0.717) is 0 Å². The Morgan fingerprint density at radius 1 is 0.317 bits per heavy atom. The smallest absolute Gasteiger partial charge is 0.237 e. The van der Waals surface area contributed by atoms with Gasteiger partial charge in [-0.05, 0) is 69.8 Å². The highest BCUT2D eigenvalue weighted by Gasteiger charge is 2.23. The summed E-state index contributed by atoms with van der Waals surface area (Å²) in [4.78, 5) is 18.9. The molecule has 0 unspecified atom stereocenters. The number of hydrogen-bond acceptors (Lipinski definition) is 2. The van der Waals surface area contributed by atoms with Gasteiger partial charge in [-0.3, -0.25) is 0 Å². The predicted molar refractivity (Wildman–Crippen MR) is 248 cm³/mol. The molecule has 0 amide bonds.